The van der Waals surface area contributed by atoms with E-state index in [9.17, 15) is 5.11 Å². The molecule has 0 amide bonds. The van der Waals surface area contributed by atoms with Crippen LogP contribution in [-0.2, 0) is 14.2 Å². The number of rotatable bonds is 3. The maximum absolute atomic E-state index is 9.40. The Morgan fingerprint density at radius 3 is 2.53 bits per heavy atom. The molecule has 2 saturated heterocycles. The fraction of sp³-hybridized carbons (Fsp3) is 0.571. The molecule has 3 rings (SSSR count). The summed E-state index contributed by atoms with van der Waals surface area (Å²) in [6, 6.07) is 10.0. The van der Waals surface area contributed by atoms with Crippen LogP contribution in [0.15, 0.2) is 35.2 Å². The van der Waals surface area contributed by atoms with Crippen molar-refractivity contribution in [2.24, 2.45) is 0 Å². The lowest BCUT2D eigenvalue weighted by molar-refractivity contribution is -0.181. The summed E-state index contributed by atoms with van der Waals surface area (Å²) in [7, 11) is 0. The Balaban J connectivity index is 1.76. The van der Waals surface area contributed by atoms with E-state index in [0.29, 0.717) is 0 Å². The molecule has 2 fully saturated rings. The average molecular weight is 282 g/mol. The molecule has 0 spiro atoms. The highest BCUT2D eigenvalue weighted by Gasteiger charge is 2.55. The summed E-state index contributed by atoms with van der Waals surface area (Å²) in [6.45, 7) is 3.74. The lowest BCUT2D eigenvalue weighted by Gasteiger charge is -2.23. The van der Waals surface area contributed by atoms with Crippen molar-refractivity contribution in [2.75, 3.05) is 6.61 Å². The van der Waals surface area contributed by atoms with Crippen LogP contribution in [0.5, 0.6) is 0 Å². The van der Waals surface area contributed by atoms with E-state index in [0.717, 1.165) is 4.90 Å². The van der Waals surface area contributed by atoms with Gasteiger partial charge in [0.1, 0.15) is 23.7 Å². The number of thioether (sulfide) groups is 1. The fourth-order valence-electron chi connectivity index (χ4n) is 2.52. The van der Waals surface area contributed by atoms with Crippen LogP contribution in [0.2, 0.25) is 0 Å². The Morgan fingerprint density at radius 2 is 1.84 bits per heavy atom. The molecule has 0 bridgehead atoms. The molecule has 3 unspecified atom stereocenters. The zero-order chi connectivity index (χ0) is 13.5. The predicted octanol–water partition coefficient (Wildman–Crippen LogP) is 2.02. The van der Waals surface area contributed by atoms with Gasteiger partial charge in [-0.25, -0.2) is 0 Å². The molecule has 0 aliphatic carbocycles. The van der Waals surface area contributed by atoms with Crippen LogP contribution in [0.25, 0.3) is 0 Å². The van der Waals surface area contributed by atoms with E-state index in [1.807, 2.05) is 44.2 Å². The molecule has 0 saturated carbocycles. The van der Waals surface area contributed by atoms with Crippen LogP contribution in [0, 0.1) is 0 Å². The Labute approximate surface area is 117 Å². The summed E-state index contributed by atoms with van der Waals surface area (Å²) < 4.78 is 17.6. The second-order valence-corrected chi connectivity index (χ2v) is 6.39. The van der Waals surface area contributed by atoms with E-state index in [1.54, 1.807) is 11.8 Å². The maximum atomic E-state index is 9.40. The van der Waals surface area contributed by atoms with E-state index in [-0.39, 0.29) is 30.4 Å². The molecule has 1 N–H and O–H groups in total. The Morgan fingerprint density at radius 1 is 1.16 bits per heavy atom. The third-order valence-corrected chi connectivity index (χ3v) is 4.44. The van der Waals surface area contributed by atoms with Gasteiger partial charge in [0, 0.05) is 4.90 Å². The van der Waals surface area contributed by atoms with E-state index >= 15 is 0 Å². The van der Waals surface area contributed by atoms with Gasteiger partial charge >= 0.3 is 0 Å². The lowest BCUT2D eigenvalue weighted by Crippen LogP contribution is -2.31. The molecule has 0 aromatic heterocycles. The molecular formula is C14H18O4S. The van der Waals surface area contributed by atoms with Gasteiger partial charge in [-0.05, 0) is 26.0 Å². The van der Waals surface area contributed by atoms with Crippen LogP contribution in [0.1, 0.15) is 13.8 Å². The summed E-state index contributed by atoms with van der Waals surface area (Å²) in [5, 5.41) is 9.40. The summed E-state index contributed by atoms with van der Waals surface area (Å²) in [5.41, 5.74) is -0.147. The molecule has 1 aromatic rings. The highest BCUT2D eigenvalue weighted by atomic mass is 32.2. The zero-order valence-electron chi connectivity index (χ0n) is 11.0. The van der Waals surface area contributed by atoms with Crippen molar-refractivity contribution in [1.29, 1.82) is 0 Å². The standard InChI is InChI=1S/C14H18O4S/c1-14(2)17-11-10(8-15)16-13(12(11)18-14)19-9-6-4-3-5-7-9/h3-7,10-13,15H,8H2,1-2H3/t10-,11?,12?,13?/m1/s1. The number of ether oxygens (including phenoxy) is 3. The van der Waals surface area contributed by atoms with Gasteiger partial charge in [-0.2, -0.15) is 0 Å². The van der Waals surface area contributed by atoms with E-state index in [4.69, 9.17) is 14.2 Å². The monoisotopic (exact) mass is 282 g/mol. The summed E-state index contributed by atoms with van der Waals surface area (Å²) in [4.78, 5) is 1.12. The van der Waals surface area contributed by atoms with Crippen LogP contribution < -0.4 is 0 Å². The van der Waals surface area contributed by atoms with Gasteiger partial charge in [0.25, 0.3) is 0 Å². The zero-order valence-corrected chi connectivity index (χ0v) is 11.8. The number of aliphatic hydroxyl groups excluding tert-OH is 1. The predicted molar refractivity (Wildman–Crippen MR) is 71.9 cm³/mol. The number of benzene rings is 1. The molecule has 19 heavy (non-hydrogen) atoms. The van der Waals surface area contributed by atoms with Crippen molar-refractivity contribution >= 4 is 11.8 Å². The van der Waals surface area contributed by atoms with E-state index in [1.165, 1.54) is 0 Å². The maximum Gasteiger partial charge on any atom is 0.164 e. The Bertz CT molecular complexity index is 436. The molecule has 1 aromatic carbocycles. The van der Waals surface area contributed by atoms with Crippen molar-refractivity contribution in [1.82, 2.24) is 0 Å². The number of hydrogen-bond donors (Lipinski definition) is 1. The summed E-state index contributed by atoms with van der Waals surface area (Å²) in [6.07, 6.45) is -0.647. The lowest BCUT2D eigenvalue weighted by atomic mass is 10.2. The summed E-state index contributed by atoms with van der Waals surface area (Å²) >= 11 is 1.61. The van der Waals surface area contributed by atoms with Gasteiger partial charge in [-0.1, -0.05) is 30.0 Å². The highest BCUT2D eigenvalue weighted by Crippen LogP contribution is 2.43. The second kappa shape index (κ2) is 5.07. The first-order valence-electron chi connectivity index (χ1n) is 6.43. The molecule has 2 heterocycles. The minimum absolute atomic E-state index is 0.0492. The largest absolute Gasteiger partial charge is 0.394 e. The normalized spacial score (nSPS) is 36.4. The third kappa shape index (κ3) is 2.66. The SMILES string of the molecule is CC1(C)OC2C(Sc3ccccc3)O[C@H](CO)C2O1. The molecular weight excluding hydrogens is 264 g/mol. The summed E-state index contributed by atoms with van der Waals surface area (Å²) in [5.74, 6) is -0.609. The van der Waals surface area contributed by atoms with E-state index in [2.05, 4.69) is 0 Å². The fourth-order valence-corrected chi connectivity index (χ4v) is 3.64. The minimum Gasteiger partial charge on any atom is -0.394 e. The number of aliphatic hydroxyl groups is 1. The topological polar surface area (TPSA) is 47.9 Å². The van der Waals surface area contributed by atoms with Crippen LogP contribution in [0.4, 0.5) is 0 Å². The van der Waals surface area contributed by atoms with Crippen molar-refractivity contribution in [3.8, 4) is 0 Å². The molecule has 4 atom stereocenters. The van der Waals surface area contributed by atoms with Gasteiger partial charge < -0.3 is 19.3 Å². The van der Waals surface area contributed by atoms with Crippen molar-refractivity contribution in [3.05, 3.63) is 30.3 Å². The van der Waals surface area contributed by atoms with E-state index < -0.39 is 5.79 Å². The Kier molecular flexibility index (Phi) is 3.57. The van der Waals surface area contributed by atoms with Crippen LogP contribution in [0.3, 0.4) is 0 Å². The first kappa shape index (κ1) is 13.4. The number of hydrogen-bond acceptors (Lipinski definition) is 5. The third-order valence-electron chi connectivity index (χ3n) is 3.28. The first-order chi connectivity index (χ1) is 9.09. The van der Waals surface area contributed by atoms with Crippen LogP contribution >= 0.6 is 11.8 Å². The van der Waals surface area contributed by atoms with Gasteiger partial charge in [-0.3, -0.25) is 0 Å². The molecule has 4 nitrogen and oxygen atoms in total. The van der Waals surface area contributed by atoms with Gasteiger partial charge in [0.05, 0.1) is 6.61 Å². The molecule has 104 valence electrons. The second-order valence-electron chi connectivity index (χ2n) is 5.22. The molecule has 5 heteroatoms. The van der Waals surface area contributed by atoms with Crippen LogP contribution in [-0.4, -0.2) is 41.2 Å². The average Bonchev–Trinajstić information content (AvgIpc) is 2.85. The minimum atomic E-state index is -0.609. The Hall–Kier alpha value is -0.590. The molecule has 0 radical (unpaired) electrons. The first-order valence-corrected chi connectivity index (χ1v) is 7.31. The highest BCUT2D eigenvalue weighted by molar-refractivity contribution is 7.99. The molecule has 2 aliphatic heterocycles. The van der Waals surface area contributed by atoms with Crippen molar-refractivity contribution in [2.45, 2.75) is 48.3 Å². The van der Waals surface area contributed by atoms with Crippen molar-refractivity contribution < 1.29 is 19.3 Å². The van der Waals surface area contributed by atoms with Crippen molar-refractivity contribution in [3.63, 3.8) is 0 Å². The number of fused-ring (bicyclic) bond motifs is 1. The molecule has 2 aliphatic rings. The van der Waals surface area contributed by atoms with Gasteiger partial charge in [0.15, 0.2) is 5.79 Å². The smallest absolute Gasteiger partial charge is 0.164 e. The van der Waals surface area contributed by atoms with Gasteiger partial charge in [0.2, 0.25) is 0 Å². The van der Waals surface area contributed by atoms with Gasteiger partial charge in [-0.15, -0.1) is 0 Å². The quantitative estimate of drug-likeness (QED) is 0.919.